The van der Waals surface area contributed by atoms with Gasteiger partial charge in [-0.25, -0.2) is 0 Å². The molecular weight excluding hydrogens is 332 g/mol. The quantitative estimate of drug-likeness (QED) is 0.676. The zero-order valence-corrected chi connectivity index (χ0v) is 16.5. The second kappa shape index (κ2) is 10.8. The number of piperidine rings is 1. The third-order valence-corrected chi connectivity index (χ3v) is 5.79. The molecule has 1 heterocycles. The summed E-state index contributed by atoms with van der Waals surface area (Å²) in [6, 6.07) is 8.03. The van der Waals surface area contributed by atoms with Gasteiger partial charge < -0.3 is 5.32 Å². The second-order valence-electron chi connectivity index (χ2n) is 7.30. The molecule has 0 bridgehead atoms. The molecule has 0 radical (unpaired) electrons. The molecule has 0 saturated carbocycles. The number of hydrogen-bond donors (Lipinski definition) is 1. The molecule has 0 aromatic heterocycles. The van der Waals surface area contributed by atoms with E-state index in [4.69, 9.17) is 11.6 Å². The Morgan fingerprint density at radius 3 is 2.64 bits per heavy atom. The van der Waals surface area contributed by atoms with Crippen molar-refractivity contribution in [3.63, 3.8) is 0 Å². The molecule has 3 nitrogen and oxygen atoms in total. The van der Waals surface area contributed by atoms with E-state index in [0.29, 0.717) is 5.92 Å². The SMILES string of the molecule is CCCC[C@@H](CC)CNC(=O)C1CCN(Cc2ccccc2Cl)CC1. The van der Waals surface area contributed by atoms with Crippen LogP contribution in [0.2, 0.25) is 5.02 Å². The summed E-state index contributed by atoms with van der Waals surface area (Å²) in [5.74, 6) is 1.06. The number of hydrogen-bond acceptors (Lipinski definition) is 2. The van der Waals surface area contributed by atoms with Crippen LogP contribution in [0.15, 0.2) is 24.3 Å². The maximum Gasteiger partial charge on any atom is 0.223 e. The lowest BCUT2D eigenvalue weighted by atomic mass is 9.94. The van der Waals surface area contributed by atoms with E-state index >= 15 is 0 Å². The van der Waals surface area contributed by atoms with Crippen molar-refractivity contribution in [1.29, 1.82) is 0 Å². The molecule has 2 rings (SSSR count). The van der Waals surface area contributed by atoms with E-state index in [1.807, 2.05) is 18.2 Å². The van der Waals surface area contributed by atoms with Gasteiger partial charge in [-0.2, -0.15) is 0 Å². The highest BCUT2D eigenvalue weighted by Crippen LogP contribution is 2.22. The summed E-state index contributed by atoms with van der Waals surface area (Å²) >= 11 is 6.25. The summed E-state index contributed by atoms with van der Waals surface area (Å²) in [6.07, 6.45) is 6.76. The van der Waals surface area contributed by atoms with Crippen molar-refractivity contribution in [1.82, 2.24) is 10.2 Å². The van der Waals surface area contributed by atoms with Gasteiger partial charge in [-0.05, 0) is 49.9 Å². The van der Waals surface area contributed by atoms with Crippen molar-refractivity contribution >= 4 is 17.5 Å². The van der Waals surface area contributed by atoms with Crippen LogP contribution < -0.4 is 5.32 Å². The summed E-state index contributed by atoms with van der Waals surface area (Å²) in [5.41, 5.74) is 1.17. The smallest absolute Gasteiger partial charge is 0.223 e. The van der Waals surface area contributed by atoms with Crippen LogP contribution in [0.3, 0.4) is 0 Å². The fourth-order valence-corrected chi connectivity index (χ4v) is 3.75. The molecule has 1 N–H and O–H groups in total. The van der Waals surface area contributed by atoms with E-state index in [-0.39, 0.29) is 11.8 Å². The highest BCUT2D eigenvalue weighted by molar-refractivity contribution is 6.31. The third kappa shape index (κ3) is 6.63. The summed E-state index contributed by atoms with van der Waals surface area (Å²) in [5, 5.41) is 4.04. The Kier molecular flexibility index (Phi) is 8.77. The van der Waals surface area contributed by atoms with Crippen molar-refractivity contribution in [3.8, 4) is 0 Å². The lowest BCUT2D eigenvalue weighted by Gasteiger charge is -2.31. The van der Waals surface area contributed by atoms with Crippen LogP contribution in [-0.2, 0) is 11.3 Å². The number of likely N-dealkylation sites (tertiary alicyclic amines) is 1. The monoisotopic (exact) mass is 364 g/mol. The average molecular weight is 365 g/mol. The molecule has 1 aromatic rings. The summed E-state index contributed by atoms with van der Waals surface area (Å²) in [7, 11) is 0. The zero-order valence-electron chi connectivity index (χ0n) is 15.8. The molecule has 1 saturated heterocycles. The number of benzene rings is 1. The van der Waals surface area contributed by atoms with Gasteiger partial charge >= 0.3 is 0 Å². The Balaban J connectivity index is 1.72. The van der Waals surface area contributed by atoms with Gasteiger partial charge in [0.15, 0.2) is 0 Å². The number of nitrogens with zero attached hydrogens (tertiary/aromatic N) is 1. The first-order valence-electron chi connectivity index (χ1n) is 9.87. The van der Waals surface area contributed by atoms with Crippen LogP contribution in [0.4, 0.5) is 0 Å². The van der Waals surface area contributed by atoms with Crippen LogP contribution >= 0.6 is 11.6 Å². The predicted octanol–water partition coefficient (Wildman–Crippen LogP) is 4.88. The maximum absolute atomic E-state index is 12.5. The van der Waals surface area contributed by atoms with E-state index < -0.39 is 0 Å². The predicted molar refractivity (Wildman–Crippen MR) is 106 cm³/mol. The molecule has 1 aromatic carbocycles. The lowest BCUT2D eigenvalue weighted by Crippen LogP contribution is -2.41. The Hall–Kier alpha value is -1.06. The van der Waals surface area contributed by atoms with Gasteiger partial charge in [0, 0.05) is 24.0 Å². The van der Waals surface area contributed by atoms with Gasteiger partial charge in [0.05, 0.1) is 0 Å². The van der Waals surface area contributed by atoms with Gasteiger partial charge in [-0.15, -0.1) is 0 Å². The molecule has 0 spiro atoms. The molecule has 0 unspecified atom stereocenters. The summed E-state index contributed by atoms with van der Waals surface area (Å²) in [4.78, 5) is 14.9. The van der Waals surface area contributed by atoms with Crippen molar-refractivity contribution in [2.45, 2.75) is 58.9 Å². The number of rotatable bonds is 9. The van der Waals surface area contributed by atoms with Crippen molar-refractivity contribution < 1.29 is 4.79 Å². The molecule has 1 aliphatic rings. The minimum atomic E-state index is 0.172. The fourth-order valence-electron chi connectivity index (χ4n) is 3.55. The third-order valence-electron chi connectivity index (χ3n) is 5.42. The molecule has 1 atom stereocenters. The van der Waals surface area contributed by atoms with Crippen molar-refractivity contribution in [2.24, 2.45) is 11.8 Å². The summed E-state index contributed by atoms with van der Waals surface area (Å²) < 4.78 is 0. The van der Waals surface area contributed by atoms with E-state index in [9.17, 15) is 4.79 Å². The topological polar surface area (TPSA) is 32.3 Å². The second-order valence-corrected chi connectivity index (χ2v) is 7.71. The van der Waals surface area contributed by atoms with Gasteiger partial charge in [-0.3, -0.25) is 9.69 Å². The zero-order chi connectivity index (χ0) is 18.1. The Bertz CT molecular complexity index is 526. The van der Waals surface area contributed by atoms with Gasteiger partial charge in [0.1, 0.15) is 0 Å². The largest absolute Gasteiger partial charge is 0.356 e. The maximum atomic E-state index is 12.5. The van der Waals surface area contributed by atoms with Crippen LogP contribution in [0.5, 0.6) is 0 Å². The molecule has 4 heteroatoms. The Morgan fingerprint density at radius 2 is 2.00 bits per heavy atom. The first kappa shape index (κ1) is 20.3. The van der Waals surface area contributed by atoms with Crippen LogP contribution in [-0.4, -0.2) is 30.4 Å². The minimum Gasteiger partial charge on any atom is -0.356 e. The van der Waals surface area contributed by atoms with Crippen molar-refractivity contribution in [3.05, 3.63) is 34.9 Å². The Labute approximate surface area is 158 Å². The van der Waals surface area contributed by atoms with Crippen LogP contribution in [0.1, 0.15) is 57.9 Å². The Morgan fingerprint density at radius 1 is 1.28 bits per heavy atom. The number of nitrogens with one attached hydrogen (secondary N) is 1. The van der Waals surface area contributed by atoms with Gasteiger partial charge in [0.2, 0.25) is 5.91 Å². The molecule has 25 heavy (non-hydrogen) atoms. The number of carbonyl (C=O) groups is 1. The standard InChI is InChI=1S/C21H33ClN2O/c1-3-5-8-17(4-2)15-23-21(25)18-11-13-24(14-12-18)16-19-9-6-7-10-20(19)22/h6-7,9-10,17-18H,3-5,8,11-16H2,1-2H3,(H,23,25)/t17-/m1/s1. The number of halogens is 1. The van der Waals surface area contributed by atoms with Crippen LogP contribution in [0, 0.1) is 11.8 Å². The molecule has 140 valence electrons. The molecule has 1 fully saturated rings. The fraction of sp³-hybridized carbons (Fsp3) is 0.667. The first-order valence-corrected chi connectivity index (χ1v) is 10.2. The number of carbonyl (C=O) groups excluding carboxylic acids is 1. The highest BCUT2D eigenvalue weighted by atomic mass is 35.5. The normalized spacial score (nSPS) is 17.4. The minimum absolute atomic E-state index is 0.172. The molecule has 1 amide bonds. The van der Waals surface area contributed by atoms with E-state index in [0.717, 1.165) is 50.5 Å². The van der Waals surface area contributed by atoms with E-state index in [2.05, 4.69) is 30.1 Å². The number of unbranched alkanes of at least 4 members (excludes halogenated alkanes) is 1. The van der Waals surface area contributed by atoms with Gasteiger partial charge in [0.25, 0.3) is 0 Å². The molecule has 0 aliphatic carbocycles. The van der Waals surface area contributed by atoms with E-state index in [1.165, 1.54) is 24.8 Å². The highest BCUT2D eigenvalue weighted by Gasteiger charge is 2.25. The van der Waals surface area contributed by atoms with Gasteiger partial charge in [-0.1, -0.05) is 62.9 Å². The van der Waals surface area contributed by atoms with Crippen LogP contribution in [0.25, 0.3) is 0 Å². The number of amides is 1. The van der Waals surface area contributed by atoms with E-state index in [1.54, 1.807) is 0 Å². The van der Waals surface area contributed by atoms with Crippen molar-refractivity contribution in [2.75, 3.05) is 19.6 Å². The molecular formula is C21H33ClN2O. The average Bonchev–Trinajstić information content (AvgIpc) is 2.64. The summed E-state index contributed by atoms with van der Waals surface area (Å²) in [6.45, 7) is 8.10. The first-order chi connectivity index (χ1) is 12.1. The lowest BCUT2D eigenvalue weighted by molar-refractivity contribution is -0.126. The molecule has 1 aliphatic heterocycles.